The molecule has 0 radical (unpaired) electrons. The molecule has 0 unspecified atom stereocenters. The molecule has 6 nitrogen and oxygen atoms in total. The zero-order valence-electron chi connectivity index (χ0n) is 17.8. The highest BCUT2D eigenvalue weighted by molar-refractivity contribution is 5.76. The predicted molar refractivity (Wildman–Crippen MR) is 119 cm³/mol. The van der Waals surface area contributed by atoms with E-state index in [4.69, 9.17) is 10.5 Å². The number of amides is 2. The Hall–Kier alpha value is -2.86. The summed E-state index contributed by atoms with van der Waals surface area (Å²) < 4.78 is 5.85. The number of piperidine rings is 1. The molecule has 0 atom stereocenters. The van der Waals surface area contributed by atoms with Crippen molar-refractivity contribution >= 4 is 11.8 Å². The van der Waals surface area contributed by atoms with Gasteiger partial charge < -0.3 is 16.2 Å². The van der Waals surface area contributed by atoms with Gasteiger partial charge in [-0.2, -0.15) is 0 Å². The summed E-state index contributed by atoms with van der Waals surface area (Å²) in [6.45, 7) is 5.12. The van der Waals surface area contributed by atoms with Gasteiger partial charge in [-0.3, -0.25) is 14.5 Å². The fourth-order valence-corrected chi connectivity index (χ4v) is 3.27. The highest BCUT2D eigenvalue weighted by Gasteiger charge is 2.22. The maximum Gasteiger partial charge on any atom is 0.220 e. The molecule has 1 saturated heterocycles. The van der Waals surface area contributed by atoms with Crippen LogP contribution in [0.15, 0.2) is 54.6 Å². The Morgan fingerprint density at radius 1 is 0.967 bits per heavy atom. The fraction of sp³-hybridized carbons (Fsp3) is 0.417. The quantitative estimate of drug-likeness (QED) is 0.698. The van der Waals surface area contributed by atoms with Crippen LogP contribution >= 0.6 is 0 Å². The Morgan fingerprint density at radius 3 is 2.07 bits per heavy atom. The number of nitrogens with two attached hydrogens (primary N) is 2. The largest absolute Gasteiger partial charge is 0.492 e. The lowest BCUT2D eigenvalue weighted by Gasteiger charge is -2.30. The van der Waals surface area contributed by atoms with Gasteiger partial charge in [0.1, 0.15) is 12.4 Å². The van der Waals surface area contributed by atoms with Crippen molar-refractivity contribution in [1.82, 2.24) is 4.90 Å². The van der Waals surface area contributed by atoms with Gasteiger partial charge in [0.2, 0.25) is 11.8 Å². The van der Waals surface area contributed by atoms with E-state index in [1.54, 1.807) is 6.92 Å². The van der Waals surface area contributed by atoms with Crippen LogP contribution < -0.4 is 16.2 Å². The third-order valence-corrected chi connectivity index (χ3v) is 5.19. The van der Waals surface area contributed by atoms with Gasteiger partial charge in [-0.05, 0) is 55.6 Å². The minimum absolute atomic E-state index is 0.0503. The van der Waals surface area contributed by atoms with Gasteiger partial charge in [-0.15, -0.1) is 0 Å². The Morgan fingerprint density at radius 2 is 1.53 bits per heavy atom. The first-order valence-corrected chi connectivity index (χ1v) is 10.5. The monoisotopic (exact) mass is 411 g/mol. The summed E-state index contributed by atoms with van der Waals surface area (Å²) in [5, 5.41) is 0. The lowest BCUT2D eigenvalue weighted by atomic mass is 9.96. The number of carbonyl (C=O) groups excluding carboxylic acids is 2. The lowest BCUT2D eigenvalue weighted by Crippen LogP contribution is -2.40. The summed E-state index contributed by atoms with van der Waals surface area (Å²) in [6.07, 6.45) is 3.11. The van der Waals surface area contributed by atoms with E-state index in [9.17, 15) is 9.59 Å². The van der Waals surface area contributed by atoms with Crippen LogP contribution in [-0.4, -0.2) is 43.0 Å². The Kier molecular flexibility index (Phi) is 9.87. The summed E-state index contributed by atoms with van der Waals surface area (Å²) in [4.78, 5) is 23.1. The zero-order valence-corrected chi connectivity index (χ0v) is 17.8. The molecule has 2 amide bonds. The van der Waals surface area contributed by atoms with E-state index in [2.05, 4.69) is 47.0 Å². The number of carbonyl (C=O) groups is 2. The lowest BCUT2D eigenvalue weighted by molar-refractivity contribution is -0.123. The van der Waals surface area contributed by atoms with Crippen molar-refractivity contribution in [2.45, 2.75) is 32.6 Å². The standard InChI is InChI=1S/C21H26N2O2.C3H7NO/c22-21(24)19-10-12-23(13-11-19)14-15-25-20-8-6-18(7-9-20)16-17-4-2-1-3-5-17;1-2-3(4)5/h1-9,19H,10-16H2,(H2,22,24);2H2,1H3,(H2,4,5). The van der Waals surface area contributed by atoms with E-state index in [1.165, 1.54) is 11.1 Å². The number of rotatable bonds is 8. The van der Waals surface area contributed by atoms with E-state index >= 15 is 0 Å². The molecule has 3 rings (SSSR count). The van der Waals surface area contributed by atoms with Crippen molar-refractivity contribution < 1.29 is 14.3 Å². The first kappa shape index (κ1) is 23.4. The maximum absolute atomic E-state index is 11.2. The van der Waals surface area contributed by atoms with Crippen molar-refractivity contribution in [2.24, 2.45) is 17.4 Å². The number of primary amides is 2. The van der Waals surface area contributed by atoms with Crippen LogP contribution in [0.25, 0.3) is 0 Å². The van der Waals surface area contributed by atoms with Crippen molar-refractivity contribution in [3.05, 3.63) is 65.7 Å². The van der Waals surface area contributed by atoms with E-state index in [0.717, 1.165) is 44.6 Å². The topological polar surface area (TPSA) is 98.7 Å². The van der Waals surface area contributed by atoms with Crippen molar-refractivity contribution in [3.8, 4) is 5.75 Å². The molecule has 0 spiro atoms. The normalized spacial score (nSPS) is 14.4. The SMILES string of the molecule is CCC(N)=O.NC(=O)C1CCN(CCOc2ccc(Cc3ccccc3)cc2)CC1. The van der Waals surface area contributed by atoms with Gasteiger partial charge in [0.25, 0.3) is 0 Å². The van der Waals surface area contributed by atoms with Crippen LogP contribution in [0.2, 0.25) is 0 Å². The molecule has 30 heavy (non-hydrogen) atoms. The number of hydrogen-bond donors (Lipinski definition) is 2. The summed E-state index contributed by atoms with van der Waals surface area (Å²) in [5.41, 5.74) is 12.6. The van der Waals surface area contributed by atoms with Crippen LogP contribution in [-0.2, 0) is 16.0 Å². The van der Waals surface area contributed by atoms with Gasteiger partial charge in [0, 0.05) is 18.9 Å². The van der Waals surface area contributed by atoms with E-state index in [-0.39, 0.29) is 17.7 Å². The molecule has 1 aliphatic rings. The van der Waals surface area contributed by atoms with E-state index < -0.39 is 0 Å². The second kappa shape index (κ2) is 12.6. The number of likely N-dealkylation sites (tertiary alicyclic amines) is 1. The molecule has 6 heteroatoms. The maximum atomic E-state index is 11.2. The van der Waals surface area contributed by atoms with Crippen LogP contribution in [0.4, 0.5) is 0 Å². The first-order valence-electron chi connectivity index (χ1n) is 10.5. The molecular formula is C24H33N3O3. The molecule has 4 N–H and O–H groups in total. The molecule has 1 fully saturated rings. The predicted octanol–water partition coefficient (Wildman–Crippen LogP) is 2.74. The highest BCUT2D eigenvalue weighted by Crippen LogP contribution is 2.17. The molecule has 0 aromatic heterocycles. The van der Waals surface area contributed by atoms with Crippen LogP contribution in [0, 0.1) is 5.92 Å². The minimum Gasteiger partial charge on any atom is -0.492 e. The van der Waals surface area contributed by atoms with Gasteiger partial charge >= 0.3 is 0 Å². The average Bonchev–Trinajstić information content (AvgIpc) is 2.76. The van der Waals surface area contributed by atoms with Gasteiger partial charge in [-0.1, -0.05) is 49.4 Å². The van der Waals surface area contributed by atoms with E-state index in [0.29, 0.717) is 13.0 Å². The van der Waals surface area contributed by atoms with Crippen molar-refractivity contribution in [2.75, 3.05) is 26.2 Å². The molecule has 0 bridgehead atoms. The van der Waals surface area contributed by atoms with Gasteiger partial charge in [-0.25, -0.2) is 0 Å². The molecule has 162 valence electrons. The smallest absolute Gasteiger partial charge is 0.220 e. The average molecular weight is 412 g/mol. The van der Waals surface area contributed by atoms with Crippen LogP contribution in [0.1, 0.15) is 37.3 Å². The van der Waals surface area contributed by atoms with Crippen LogP contribution in [0.5, 0.6) is 5.75 Å². The summed E-state index contributed by atoms with van der Waals surface area (Å²) in [6, 6.07) is 18.8. The van der Waals surface area contributed by atoms with E-state index in [1.807, 2.05) is 18.2 Å². The minimum atomic E-state index is -0.245. The molecular weight excluding hydrogens is 378 g/mol. The Balaban J connectivity index is 0.000000575. The zero-order chi connectivity index (χ0) is 21.8. The summed E-state index contributed by atoms with van der Waals surface area (Å²) in [7, 11) is 0. The molecule has 2 aromatic rings. The second-order valence-electron chi connectivity index (χ2n) is 7.49. The molecule has 0 saturated carbocycles. The molecule has 1 aliphatic heterocycles. The first-order chi connectivity index (χ1) is 14.5. The van der Waals surface area contributed by atoms with Crippen molar-refractivity contribution in [3.63, 3.8) is 0 Å². The molecule has 1 heterocycles. The number of ether oxygens (including phenoxy) is 1. The fourth-order valence-electron chi connectivity index (χ4n) is 3.27. The number of benzene rings is 2. The third kappa shape index (κ3) is 8.66. The molecule has 2 aromatic carbocycles. The number of hydrogen-bond acceptors (Lipinski definition) is 4. The van der Waals surface area contributed by atoms with Crippen LogP contribution in [0.3, 0.4) is 0 Å². The van der Waals surface area contributed by atoms with Gasteiger partial charge in [0.05, 0.1) is 0 Å². The second-order valence-corrected chi connectivity index (χ2v) is 7.49. The molecule has 0 aliphatic carbocycles. The number of nitrogens with zero attached hydrogens (tertiary/aromatic N) is 1. The Bertz CT molecular complexity index is 770. The Labute approximate surface area is 179 Å². The highest BCUT2D eigenvalue weighted by atomic mass is 16.5. The third-order valence-electron chi connectivity index (χ3n) is 5.19. The summed E-state index contributed by atoms with van der Waals surface area (Å²) in [5.74, 6) is 0.551. The summed E-state index contributed by atoms with van der Waals surface area (Å²) >= 11 is 0. The van der Waals surface area contributed by atoms with Gasteiger partial charge in [0.15, 0.2) is 0 Å². The van der Waals surface area contributed by atoms with Crippen molar-refractivity contribution in [1.29, 1.82) is 0 Å².